The van der Waals surface area contributed by atoms with E-state index in [-0.39, 0.29) is 12.5 Å². The summed E-state index contributed by atoms with van der Waals surface area (Å²) in [6.45, 7) is 4.70. The molecule has 4 nitrogen and oxygen atoms in total. The molecule has 0 aliphatic heterocycles. The second-order valence-electron chi connectivity index (χ2n) is 13.4. The lowest BCUT2D eigenvalue weighted by molar-refractivity contribution is 0.204. The van der Waals surface area contributed by atoms with Gasteiger partial charge < -0.3 is 0 Å². The maximum absolute atomic E-state index is 11.1. The van der Waals surface area contributed by atoms with Crippen LogP contribution in [0.15, 0.2) is 0 Å². The third-order valence-electron chi connectivity index (χ3n) is 9.13. The van der Waals surface area contributed by atoms with Gasteiger partial charge in [0.05, 0.1) is 6.61 Å². The highest BCUT2D eigenvalue weighted by molar-refractivity contribution is 7.80. The molecule has 0 aromatic rings. The molecule has 0 heterocycles. The summed E-state index contributed by atoms with van der Waals surface area (Å²) in [6.07, 6.45) is 44.1. The van der Waals surface area contributed by atoms with E-state index in [1.54, 1.807) is 0 Å². The molecule has 1 atom stereocenters. The maximum atomic E-state index is 11.1. The van der Waals surface area contributed by atoms with Gasteiger partial charge in [0.25, 0.3) is 0 Å². The molecule has 0 aliphatic carbocycles. The van der Waals surface area contributed by atoms with E-state index in [4.69, 9.17) is 8.74 Å². The molecule has 0 aromatic carbocycles. The zero-order valence-electron chi connectivity index (χ0n) is 28.7. The second kappa shape index (κ2) is 33.8. The molecular formula is C37H76O4S. The minimum absolute atomic E-state index is 0.135. The van der Waals surface area contributed by atoms with E-state index in [2.05, 4.69) is 13.8 Å². The Morgan fingerprint density at radius 1 is 0.405 bits per heavy atom. The smallest absolute Gasteiger partial charge is 0.264 e. The predicted octanol–water partition coefficient (Wildman–Crippen LogP) is 13.3. The van der Waals surface area contributed by atoms with Gasteiger partial charge in [-0.25, -0.2) is 4.18 Å². The van der Waals surface area contributed by atoms with Crippen molar-refractivity contribution >= 4 is 10.4 Å². The van der Waals surface area contributed by atoms with Crippen LogP contribution in [0.4, 0.5) is 0 Å². The number of rotatable bonds is 36. The molecule has 5 heteroatoms. The first-order chi connectivity index (χ1) is 20.5. The van der Waals surface area contributed by atoms with Gasteiger partial charge in [-0.1, -0.05) is 213 Å². The SMILES string of the molecule is CCCCCCCCCCCCCCCCCCCC(CCCCCCCCCCCCCCCC)COS(=O)(=O)O. The zero-order valence-corrected chi connectivity index (χ0v) is 29.5. The van der Waals surface area contributed by atoms with Crippen LogP contribution in [0.25, 0.3) is 0 Å². The Bertz CT molecular complexity index is 607. The summed E-state index contributed by atoms with van der Waals surface area (Å²) in [7, 11) is -4.34. The summed E-state index contributed by atoms with van der Waals surface area (Å²) in [5.41, 5.74) is 0. The van der Waals surface area contributed by atoms with E-state index in [0.29, 0.717) is 0 Å². The third-order valence-corrected chi connectivity index (χ3v) is 9.57. The normalized spacial score (nSPS) is 12.7. The topological polar surface area (TPSA) is 63.6 Å². The van der Waals surface area contributed by atoms with Crippen LogP contribution in [0, 0.1) is 5.92 Å². The third kappa shape index (κ3) is 36.1. The number of hydrogen-bond acceptors (Lipinski definition) is 3. The van der Waals surface area contributed by atoms with Crippen molar-refractivity contribution in [2.75, 3.05) is 6.61 Å². The van der Waals surface area contributed by atoms with Gasteiger partial charge in [0, 0.05) is 0 Å². The standard InChI is InChI=1S/C37H76O4S/c1-3-5-7-9-11-13-15-17-19-20-21-23-25-27-29-31-33-35-37(36-41-42(38,39)40)34-32-30-28-26-24-22-18-16-14-12-10-8-6-4-2/h37H,3-36H2,1-2H3,(H,38,39,40). The van der Waals surface area contributed by atoms with Crippen LogP contribution < -0.4 is 0 Å². The summed E-state index contributed by atoms with van der Waals surface area (Å²) in [5, 5.41) is 0. The zero-order chi connectivity index (χ0) is 30.8. The largest absolute Gasteiger partial charge is 0.397 e. The van der Waals surface area contributed by atoms with Gasteiger partial charge in [-0.3, -0.25) is 4.55 Å². The fraction of sp³-hybridized carbons (Fsp3) is 1.00. The minimum atomic E-state index is -4.34. The first-order valence-corrected chi connectivity index (χ1v) is 20.5. The van der Waals surface area contributed by atoms with E-state index < -0.39 is 10.4 Å². The first kappa shape index (κ1) is 41.9. The van der Waals surface area contributed by atoms with Crippen molar-refractivity contribution < 1.29 is 17.2 Å². The van der Waals surface area contributed by atoms with Gasteiger partial charge in [-0.2, -0.15) is 8.42 Å². The molecule has 1 unspecified atom stereocenters. The minimum Gasteiger partial charge on any atom is -0.264 e. The van der Waals surface area contributed by atoms with Crippen molar-refractivity contribution in [3.63, 3.8) is 0 Å². The summed E-state index contributed by atoms with van der Waals surface area (Å²) in [4.78, 5) is 0. The fourth-order valence-electron chi connectivity index (χ4n) is 6.28. The number of unbranched alkanes of at least 4 members (excludes halogenated alkanes) is 29. The summed E-state index contributed by atoms with van der Waals surface area (Å²) in [5.74, 6) is 0.237. The quantitative estimate of drug-likeness (QED) is 0.0562. The monoisotopic (exact) mass is 617 g/mol. The first-order valence-electron chi connectivity index (χ1n) is 19.1. The Labute approximate surface area is 265 Å². The van der Waals surface area contributed by atoms with Gasteiger partial charge in [-0.05, 0) is 18.8 Å². The second-order valence-corrected chi connectivity index (χ2v) is 14.5. The summed E-state index contributed by atoms with van der Waals surface area (Å²) >= 11 is 0. The lowest BCUT2D eigenvalue weighted by Crippen LogP contribution is -2.14. The lowest BCUT2D eigenvalue weighted by atomic mass is 9.94. The highest BCUT2D eigenvalue weighted by Gasteiger charge is 2.13. The maximum Gasteiger partial charge on any atom is 0.397 e. The van der Waals surface area contributed by atoms with Gasteiger partial charge in [0.15, 0.2) is 0 Å². The summed E-state index contributed by atoms with van der Waals surface area (Å²) < 4.78 is 36.0. The fourth-order valence-corrected chi connectivity index (χ4v) is 6.64. The lowest BCUT2D eigenvalue weighted by Gasteiger charge is -2.16. The van der Waals surface area contributed by atoms with E-state index >= 15 is 0 Å². The van der Waals surface area contributed by atoms with Gasteiger partial charge in [0.1, 0.15) is 0 Å². The molecule has 0 aliphatic rings. The highest BCUT2D eigenvalue weighted by atomic mass is 32.3. The van der Waals surface area contributed by atoms with Crippen molar-refractivity contribution in [1.29, 1.82) is 0 Å². The van der Waals surface area contributed by atoms with Crippen molar-refractivity contribution in [2.24, 2.45) is 5.92 Å². The van der Waals surface area contributed by atoms with Crippen LogP contribution in [-0.2, 0) is 14.6 Å². The molecule has 0 amide bonds. The van der Waals surface area contributed by atoms with E-state index in [9.17, 15) is 8.42 Å². The van der Waals surface area contributed by atoms with Crippen LogP contribution in [0.1, 0.15) is 226 Å². The van der Waals surface area contributed by atoms with Crippen molar-refractivity contribution in [3.8, 4) is 0 Å². The van der Waals surface area contributed by atoms with E-state index in [1.807, 2.05) is 0 Å². The molecule has 0 aromatic heterocycles. The molecule has 0 saturated heterocycles. The van der Waals surface area contributed by atoms with Crippen LogP contribution in [0.3, 0.4) is 0 Å². The van der Waals surface area contributed by atoms with Crippen LogP contribution >= 0.6 is 0 Å². The Morgan fingerprint density at radius 3 is 0.833 bits per heavy atom. The molecule has 0 bridgehead atoms. The summed E-state index contributed by atoms with van der Waals surface area (Å²) in [6, 6.07) is 0. The Kier molecular flexibility index (Phi) is 33.7. The van der Waals surface area contributed by atoms with Crippen molar-refractivity contribution in [2.45, 2.75) is 226 Å². The van der Waals surface area contributed by atoms with E-state index in [0.717, 1.165) is 25.7 Å². The number of hydrogen-bond donors (Lipinski definition) is 1. The molecule has 0 radical (unpaired) electrons. The van der Waals surface area contributed by atoms with Gasteiger partial charge >= 0.3 is 10.4 Å². The molecule has 254 valence electrons. The van der Waals surface area contributed by atoms with Crippen LogP contribution in [0.2, 0.25) is 0 Å². The van der Waals surface area contributed by atoms with Crippen molar-refractivity contribution in [1.82, 2.24) is 0 Å². The Balaban J connectivity index is 3.65. The van der Waals surface area contributed by atoms with Gasteiger partial charge in [0.2, 0.25) is 0 Å². The Morgan fingerprint density at radius 2 is 0.619 bits per heavy atom. The van der Waals surface area contributed by atoms with Crippen molar-refractivity contribution in [3.05, 3.63) is 0 Å². The van der Waals surface area contributed by atoms with Crippen LogP contribution in [0.5, 0.6) is 0 Å². The predicted molar refractivity (Wildman–Crippen MR) is 185 cm³/mol. The molecule has 0 saturated carbocycles. The molecule has 1 N–H and O–H groups in total. The molecular weight excluding hydrogens is 540 g/mol. The Hall–Kier alpha value is -0.130. The highest BCUT2D eigenvalue weighted by Crippen LogP contribution is 2.21. The average molecular weight is 617 g/mol. The van der Waals surface area contributed by atoms with Gasteiger partial charge in [-0.15, -0.1) is 0 Å². The van der Waals surface area contributed by atoms with E-state index in [1.165, 1.54) is 186 Å². The molecule has 0 rings (SSSR count). The molecule has 0 fully saturated rings. The average Bonchev–Trinajstić information content (AvgIpc) is 2.96. The molecule has 42 heavy (non-hydrogen) atoms. The van der Waals surface area contributed by atoms with Crippen LogP contribution in [-0.4, -0.2) is 19.6 Å². The molecule has 0 spiro atoms.